The van der Waals surface area contributed by atoms with Crippen LogP contribution in [-0.2, 0) is 0 Å². The number of likely N-dealkylation sites (N-methyl/N-ethyl adjacent to an activating group) is 1. The van der Waals surface area contributed by atoms with Gasteiger partial charge in [-0.2, -0.15) is 0 Å². The zero-order valence-corrected chi connectivity index (χ0v) is 12.8. The average molecular weight is 293 g/mol. The monoisotopic (exact) mass is 293 g/mol. The summed E-state index contributed by atoms with van der Waals surface area (Å²) in [6.07, 6.45) is 0. The summed E-state index contributed by atoms with van der Waals surface area (Å²) in [5.41, 5.74) is 2.29. The molecular weight excluding hydrogens is 274 g/mol. The van der Waals surface area contributed by atoms with E-state index in [1.54, 1.807) is 0 Å². The van der Waals surface area contributed by atoms with Gasteiger partial charge in [0.15, 0.2) is 0 Å². The fourth-order valence-corrected chi connectivity index (χ4v) is 2.47. The third kappa shape index (κ3) is 2.92. The Hall–Kier alpha value is -2.46. The van der Waals surface area contributed by atoms with Crippen LogP contribution >= 0.6 is 0 Å². The predicted molar refractivity (Wildman–Crippen MR) is 90.1 cm³/mol. The molecule has 0 atom stereocenters. The van der Waals surface area contributed by atoms with Crippen LogP contribution in [-0.4, -0.2) is 43.0 Å². The van der Waals surface area contributed by atoms with Gasteiger partial charge in [-0.15, -0.1) is 0 Å². The number of fused-ring (bicyclic) bond motifs is 2. The van der Waals surface area contributed by atoms with Crippen LogP contribution in [0.3, 0.4) is 0 Å². The lowest BCUT2D eigenvalue weighted by Crippen LogP contribution is -2.31. The lowest BCUT2D eigenvalue weighted by atomic mass is 10.1. The standard InChI is InChI=1S/C18H19N3O/c1-21(2)11-10-19-18(22)15-8-5-7-14-12-13-6-3-4-9-16(13)20-17(14)15/h3-9,12H,10-11H2,1-2H3,(H,19,22). The van der Waals surface area contributed by atoms with Crippen LogP contribution in [0.1, 0.15) is 10.4 Å². The first-order chi connectivity index (χ1) is 10.6. The Labute approximate surface area is 129 Å². The zero-order chi connectivity index (χ0) is 15.5. The van der Waals surface area contributed by atoms with Crippen LogP contribution in [0.25, 0.3) is 21.8 Å². The molecule has 0 aliphatic heterocycles. The van der Waals surface area contributed by atoms with Crippen molar-refractivity contribution in [3.63, 3.8) is 0 Å². The predicted octanol–water partition coefficient (Wildman–Crippen LogP) is 2.68. The normalized spacial score (nSPS) is 11.2. The molecule has 1 amide bonds. The summed E-state index contributed by atoms with van der Waals surface area (Å²) < 4.78 is 0. The summed E-state index contributed by atoms with van der Waals surface area (Å²) in [4.78, 5) is 19.1. The van der Waals surface area contributed by atoms with Crippen molar-refractivity contribution in [3.8, 4) is 0 Å². The van der Waals surface area contributed by atoms with Crippen LogP contribution in [0.2, 0.25) is 0 Å². The molecule has 0 saturated heterocycles. The van der Waals surface area contributed by atoms with Crippen molar-refractivity contribution in [3.05, 3.63) is 54.1 Å². The molecule has 1 aromatic heterocycles. The maximum absolute atomic E-state index is 12.4. The molecule has 4 nitrogen and oxygen atoms in total. The van der Waals surface area contributed by atoms with Crippen molar-refractivity contribution in [2.45, 2.75) is 0 Å². The molecule has 0 aliphatic carbocycles. The molecular formula is C18H19N3O. The smallest absolute Gasteiger partial charge is 0.253 e. The quantitative estimate of drug-likeness (QED) is 0.752. The first-order valence-corrected chi connectivity index (χ1v) is 7.36. The molecule has 0 saturated carbocycles. The first-order valence-electron chi connectivity index (χ1n) is 7.36. The van der Waals surface area contributed by atoms with Gasteiger partial charge >= 0.3 is 0 Å². The van der Waals surface area contributed by atoms with Crippen molar-refractivity contribution in [1.29, 1.82) is 0 Å². The topological polar surface area (TPSA) is 45.2 Å². The molecule has 0 fully saturated rings. The average Bonchev–Trinajstić information content (AvgIpc) is 2.51. The molecule has 1 N–H and O–H groups in total. The Bertz CT molecular complexity index is 827. The summed E-state index contributed by atoms with van der Waals surface area (Å²) >= 11 is 0. The van der Waals surface area contributed by atoms with Crippen LogP contribution < -0.4 is 5.32 Å². The number of pyridine rings is 1. The second-order valence-electron chi connectivity index (χ2n) is 5.62. The number of carbonyl (C=O) groups is 1. The van der Waals surface area contributed by atoms with E-state index in [0.717, 1.165) is 28.4 Å². The van der Waals surface area contributed by atoms with E-state index in [1.165, 1.54) is 0 Å². The minimum absolute atomic E-state index is 0.0739. The van der Waals surface area contributed by atoms with Crippen LogP contribution in [0.5, 0.6) is 0 Å². The summed E-state index contributed by atoms with van der Waals surface area (Å²) in [5, 5.41) is 5.02. The number of amides is 1. The van der Waals surface area contributed by atoms with E-state index >= 15 is 0 Å². The maximum atomic E-state index is 12.4. The number of hydrogen-bond donors (Lipinski definition) is 1. The van der Waals surface area contributed by atoms with Crippen molar-refractivity contribution in [1.82, 2.24) is 15.2 Å². The van der Waals surface area contributed by atoms with Crippen LogP contribution in [0.15, 0.2) is 48.5 Å². The number of carbonyl (C=O) groups excluding carboxylic acids is 1. The van der Waals surface area contributed by atoms with E-state index in [0.29, 0.717) is 12.1 Å². The van der Waals surface area contributed by atoms with Crippen LogP contribution in [0, 0.1) is 0 Å². The van der Waals surface area contributed by atoms with Gasteiger partial charge < -0.3 is 10.2 Å². The molecule has 0 aliphatic rings. The minimum atomic E-state index is -0.0739. The molecule has 0 spiro atoms. The lowest BCUT2D eigenvalue weighted by Gasteiger charge is -2.11. The highest BCUT2D eigenvalue weighted by Gasteiger charge is 2.11. The van der Waals surface area contributed by atoms with Gasteiger partial charge in [0, 0.05) is 23.9 Å². The largest absolute Gasteiger partial charge is 0.351 e. The second-order valence-corrected chi connectivity index (χ2v) is 5.62. The van der Waals surface area contributed by atoms with Crippen molar-refractivity contribution in [2.75, 3.05) is 27.2 Å². The number of para-hydroxylation sites is 2. The zero-order valence-electron chi connectivity index (χ0n) is 12.8. The summed E-state index contributed by atoms with van der Waals surface area (Å²) in [6.45, 7) is 1.43. The highest BCUT2D eigenvalue weighted by atomic mass is 16.1. The highest BCUT2D eigenvalue weighted by Crippen LogP contribution is 2.22. The summed E-state index contributed by atoms with van der Waals surface area (Å²) in [7, 11) is 3.97. The lowest BCUT2D eigenvalue weighted by molar-refractivity contribution is 0.0952. The third-order valence-corrected chi connectivity index (χ3v) is 3.64. The van der Waals surface area contributed by atoms with Crippen molar-refractivity contribution >= 4 is 27.7 Å². The summed E-state index contributed by atoms with van der Waals surface area (Å²) in [6, 6.07) is 15.8. The summed E-state index contributed by atoms with van der Waals surface area (Å²) in [5.74, 6) is -0.0739. The Kier molecular flexibility index (Phi) is 4.02. The number of nitrogens with one attached hydrogen (secondary N) is 1. The van der Waals surface area contributed by atoms with E-state index in [4.69, 9.17) is 0 Å². The minimum Gasteiger partial charge on any atom is -0.351 e. The highest BCUT2D eigenvalue weighted by molar-refractivity contribution is 6.07. The van der Waals surface area contributed by atoms with Crippen LogP contribution in [0.4, 0.5) is 0 Å². The van der Waals surface area contributed by atoms with E-state index in [2.05, 4.69) is 16.4 Å². The SMILES string of the molecule is CN(C)CCNC(=O)c1cccc2cc3ccccc3nc12. The second kappa shape index (κ2) is 6.12. The van der Waals surface area contributed by atoms with Gasteiger partial charge in [0.25, 0.3) is 5.91 Å². The number of benzene rings is 2. The number of hydrogen-bond acceptors (Lipinski definition) is 3. The molecule has 0 radical (unpaired) electrons. The van der Waals surface area contributed by atoms with E-state index in [-0.39, 0.29) is 5.91 Å². The van der Waals surface area contributed by atoms with Gasteiger partial charge in [-0.1, -0.05) is 30.3 Å². The maximum Gasteiger partial charge on any atom is 0.253 e. The molecule has 112 valence electrons. The van der Waals surface area contributed by atoms with E-state index in [1.807, 2.05) is 61.5 Å². The fourth-order valence-electron chi connectivity index (χ4n) is 2.47. The van der Waals surface area contributed by atoms with Gasteiger partial charge in [0.1, 0.15) is 0 Å². The van der Waals surface area contributed by atoms with E-state index < -0.39 is 0 Å². The van der Waals surface area contributed by atoms with Gasteiger partial charge in [-0.05, 0) is 32.3 Å². The Balaban J connectivity index is 1.98. The van der Waals surface area contributed by atoms with E-state index in [9.17, 15) is 4.79 Å². The molecule has 4 heteroatoms. The first kappa shape index (κ1) is 14.5. The number of aromatic nitrogens is 1. The Morgan fingerprint density at radius 3 is 2.68 bits per heavy atom. The molecule has 3 rings (SSSR count). The van der Waals surface area contributed by atoms with Gasteiger partial charge in [-0.3, -0.25) is 4.79 Å². The fraction of sp³-hybridized carbons (Fsp3) is 0.222. The molecule has 0 bridgehead atoms. The van der Waals surface area contributed by atoms with Gasteiger partial charge in [-0.25, -0.2) is 4.98 Å². The van der Waals surface area contributed by atoms with Gasteiger partial charge in [0.05, 0.1) is 16.6 Å². The Morgan fingerprint density at radius 1 is 1.09 bits per heavy atom. The van der Waals surface area contributed by atoms with Crippen molar-refractivity contribution < 1.29 is 4.79 Å². The number of nitrogens with zero attached hydrogens (tertiary/aromatic N) is 2. The molecule has 2 aromatic carbocycles. The molecule has 22 heavy (non-hydrogen) atoms. The third-order valence-electron chi connectivity index (χ3n) is 3.64. The molecule has 3 aromatic rings. The molecule has 0 unspecified atom stereocenters. The number of rotatable bonds is 4. The Morgan fingerprint density at radius 2 is 1.86 bits per heavy atom. The molecule has 1 heterocycles. The van der Waals surface area contributed by atoms with Gasteiger partial charge in [0.2, 0.25) is 0 Å². The van der Waals surface area contributed by atoms with Crippen molar-refractivity contribution in [2.24, 2.45) is 0 Å².